The first kappa shape index (κ1) is 13.4. The van der Waals surface area contributed by atoms with Crippen molar-refractivity contribution >= 4 is 15.7 Å². The zero-order chi connectivity index (χ0) is 12.3. The van der Waals surface area contributed by atoms with E-state index >= 15 is 0 Å². The molecule has 0 radical (unpaired) electrons. The summed E-state index contributed by atoms with van der Waals surface area (Å²) in [6, 6.07) is -0.792. The lowest BCUT2D eigenvalue weighted by Gasteiger charge is -2.19. The predicted molar refractivity (Wildman–Crippen MR) is 59.5 cm³/mol. The molecule has 3 N–H and O–H groups in total. The first-order valence-electron chi connectivity index (χ1n) is 5.20. The number of β-amino-alcohol motifs (C(OH)–C–C–N with tert-alkyl or cyclic N) is 1. The highest BCUT2D eigenvalue weighted by Gasteiger charge is 2.28. The molecule has 2 atom stereocenters. The van der Waals surface area contributed by atoms with E-state index in [-0.39, 0.29) is 18.1 Å². The van der Waals surface area contributed by atoms with E-state index in [9.17, 15) is 18.3 Å². The number of aliphatic hydroxyl groups is 1. The van der Waals surface area contributed by atoms with Crippen LogP contribution in [0.5, 0.6) is 0 Å². The summed E-state index contributed by atoms with van der Waals surface area (Å²) in [5.74, 6) is -0.365. The van der Waals surface area contributed by atoms with Crippen LogP contribution in [-0.4, -0.2) is 61.6 Å². The molecule has 1 amide bonds. The van der Waals surface area contributed by atoms with Crippen LogP contribution >= 0.6 is 0 Å². The van der Waals surface area contributed by atoms with Crippen LogP contribution in [0.1, 0.15) is 12.8 Å². The summed E-state index contributed by atoms with van der Waals surface area (Å²) in [6.07, 6.45) is 1.32. The molecule has 0 aromatic carbocycles. The highest BCUT2D eigenvalue weighted by molar-refractivity contribution is 7.90. The van der Waals surface area contributed by atoms with E-state index in [0.717, 1.165) is 6.26 Å². The quantitative estimate of drug-likeness (QED) is 0.622. The van der Waals surface area contributed by atoms with Gasteiger partial charge in [-0.3, -0.25) is 4.79 Å². The molecular weight excluding hydrogens is 232 g/mol. The number of amides is 1. The topological polar surface area (TPSA) is 101 Å². The summed E-state index contributed by atoms with van der Waals surface area (Å²) in [5, 5.41) is 9.26. The summed E-state index contributed by atoms with van der Waals surface area (Å²) in [5.41, 5.74) is 5.61. The Kier molecular flexibility index (Phi) is 4.28. The number of likely N-dealkylation sites (tertiary alicyclic amines) is 1. The fourth-order valence-electron chi connectivity index (χ4n) is 1.64. The number of nitrogens with zero attached hydrogens (tertiary/aromatic N) is 1. The van der Waals surface area contributed by atoms with Crippen molar-refractivity contribution in [3.8, 4) is 0 Å². The third-order valence-electron chi connectivity index (χ3n) is 2.59. The Balaban J connectivity index is 2.42. The molecule has 0 aliphatic carbocycles. The number of sulfone groups is 1. The van der Waals surface area contributed by atoms with Crippen LogP contribution in [0.15, 0.2) is 0 Å². The summed E-state index contributed by atoms with van der Waals surface area (Å²) in [4.78, 5) is 13.2. The lowest BCUT2D eigenvalue weighted by atomic mass is 10.2. The lowest BCUT2D eigenvalue weighted by molar-refractivity contribution is -0.131. The van der Waals surface area contributed by atoms with Gasteiger partial charge in [-0.2, -0.15) is 0 Å². The zero-order valence-corrected chi connectivity index (χ0v) is 10.1. The normalized spacial score (nSPS) is 23.4. The van der Waals surface area contributed by atoms with Crippen LogP contribution < -0.4 is 5.73 Å². The smallest absolute Gasteiger partial charge is 0.239 e. The molecule has 0 saturated carbocycles. The fraction of sp³-hybridized carbons (Fsp3) is 0.889. The molecule has 1 aliphatic heterocycles. The third kappa shape index (κ3) is 4.07. The molecule has 0 bridgehead atoms. The number of hydrogen-bond acceptors (Lipinski definition) is 5. The van der Waals surface area contributed by atoms with Gasteiger partial charge in [0.15, 0.2) is 0 Å². The van der Waals surface area contributed by atoms with Gasteiger partial charge in [0, 0.05) is 19.3 Å². The van der Waals surface area contributed by atoms with E-state index < -0.39 is 22.0 Å². The number of carbonyl (C=O) groups excluding carboxylic acids is 1. The van der Waals surface area contributed by atoms with Gasteiger partial charge >= 0.3 is 0 Å². The number of aliphatic hydroxyl groups excluding tert-OH is 1. The van der Waals surface area contributed by atoms with Gasteiger partial charge in [-0.1, -0.05) is 0 Å². The first-order valence-corrected chi connectivity index (χ1v) is 7.26. The van der Waals surface area contributed by atoms with Gasteiger partial charge in [0.1, 0.15) is 9.84 Å². The second-order valence-electron chi connectivity index (χ2n) is 4.25. The molecule has 6 nitrogen and oxygen atoms in total. The van der Waals surface area contributed by atoms with Gasteiger partial charge in [-0.25, -0.2) is 8.42 Å². The Morgan fingerprint density at radius 3 is 2.69 bits per heavy atom. The molecular formula is C9H18N2O4S. The largest absolute Gasteiger partial charge is 0.391 e. The SMILES string of the molecule is CS(=O)(=O)CCC(N)C(=O)N1CC[C@@H](O)C1. The minimum atomic E-state index is -3.09. The third-order valence-corrected chi connectivity index (χ3v) is 3.57. The zero-order valence-electron chi connectivity index (χ0n) is 9.30. The molecule has 7 heteroatoms. The van der Waals surface area contributed by atoms with Crippen molar-refractivity contribution < 1.29 is 18.3 Å². The van der Waals surface area contributed by atoms with Crippen LogP contribution in [0.4, 0.5) is 0 Å². The minimum Gasteiger partial charge on any atom is -0.391 e. The predicted octanol–water partition coefficient (Wildman–Crippen LogP) is -1.66. The minimum absolute atomic E-state index is 0.0870. The Morgan fingerprint density at radius 1 is 1.62 bits per heavy atom. The number of carbonyl (C=O) groups is 1. The van der Waals surface area contributed by atoms with Gasteiger partial charge in [0.2, 0.25) is 5.91 Å². The van der Waals surface area contributed by atoms with E-state index in [4.69, 9.17) is 5.73 Å². The maximum Gasteiger partial charge on any atom is 0.239 e. The van der Waals surface area contributed by atoms with Crippen molar-refractivity contribution in [3.05, 3.63) is 0 Å². The maximum atomic E-state index is 11.7. The summed E-state index contributed by atoms with van der Waals surface area (Å²) in [7, 11) is -3.09. The van der Waals surface area contributed by atoms with Crippen molar-refractivity contribution in [3.63, 3.8) is 0 Å². The van der Waals surface area contributed by atoms with Gasteiger partial charge < -0.3 is 15.7 Å². The van der Waals surface area contributed by atoms with Gasteiger partial charge in [0.05, 0.1) is 17.9 Å². The molecule has 0 spiro atoms. The van der Waals surface area contributed by atoms with E-state index in [1.54, 1.807) is 0 Å². The highest BCUT2D eigenvalue weighted by atomic mass is 32.2. The van der Waals surface area contributed by atoms with Gasteiger partial charge in [-0.05, 0) is 12.8 Å². The van der Waals surface area contributed by atoms with E-state index in [1.165, 1.54) is 4.90 Å². The van der Waals surface area contributed by atoms with Crippen molar-refractivity contribution in [1.29, 1.82) is 0 Å². The second-order valence-corrected chi connectivity index (χ2v) is 6.51. The molecule has 1 aliphatic rings. The molecule has 0 aromatic rings. The Hall–Kier alpha value is -0.660. The van der Waals surface area contributed by atoms with Crippen LogP contribution in [-0.2, 0) is 14.6 Å². The first-order chi connectivity index (χ1) is 7.29. The molecule has 1 saturated heterocycles. The molecule has 1 fully saturated rings. The summed E-state index contributed by atoms with van der Waals surface area (Å²) >= 11 is 0. The maximum absolute atomic E-state index is 11.7. The molecule has 1 unspecified atom stereocenters. The second kappa shape index (κ2) is 5.11. The van der Waals surface area contributed by atoms with Crippen molar-refractivity contribution in [2.75, 3.05) is 25.1 Å². The standard InChI is InChI=1S/C9H18N2O4S/c1-16(14,15)5-3-8(10)9(13)11-4-2-7(12)6-11/h7-8,12H,2-6,10H2,1H3/t7-,8?/m1/s1. The van der Waals surface area contributed by atoms with Gasteiger partial charge in [-0.15, -0.1) is 0 Å². The van der Waals surface area contributed by atoms with Gasteiger partial charge in [0.25, 0.3) is 0 Å². The number of nitrogens with two attached hydrogens (primary N) is 1. The molecule has 94 valence electrons. The molecule has 0 aromatic heterocycles. The van der Waals surface area contributed by atoms with E-state index in [0.29, 0.717) is 19.5 Å². The molecule has 1 rings (SSSR count). The number of hydrogen-bond donors (Lipinski definition) is 2. The van der Waals surface area contributed by atoms with Crippen LogP contribution in [0.3, 0.4) is 0 Å². The summed E-state index contributed by atoms with van der Waals surface area (Å²) < 4.78 is 21.8. The van der Waals surface area contributed by atoms with Crippen LogP contribution in [0, 0.1) is 0 Å². The average Bonchev–Trinajstić information content (AvgIpc) is 2.59. The molecule has 16 heavy (non-hydrogen) atoms. The van der Waals surface area contributed by atoms with Crippen LogP contribution in [0.25, 0.3) is 0 Å². The Bertz CT molecular complexity index is 355. The Labute approximate surface area is 95.3 Å². The van der Waals surface area contributed by atoms with E-state index in [2.05, 4.69) is 0 Å². The fourth-order valence-corrected chi connectivity index (χ4v) is 2.32. The van der Waals surface area contributed by atoms with Crippen molar-refractivity contribution in [2.45, 2.75) is 25.0 Å². The van der Waals surface area contributed by atoms with Crippen molar-refractivity contribution in [1.82, 2.24) is 4.90 Å². The lowest BCUT2D eigenvalue weighted by Crippen LogP contribution is -2.43. The molecule has 1 heterocycles. The monoisotopic (exact) mass is 250 g/mol. The average molecular weight is 250 g/mol. The Morgan fingerprint density at radius 2 is 2.25 bits per heavy atom. The number of rotatable bonds is 4. The van der Waals surface area contributed by atoms with E-state index in [1.807, 2.05) is 0 Å². The summed E-state index contributed by atoms with van der Waals surface area (Å²) in [6.45, 7) is 0.790. The highest BCUT2D eigenvalue weighted by Crippen LogP contribution is 2.10. The van der Waals surface area contributed by atoms with Crippen molar-refractivity contribution in [2.24, 2.45) is 5.73 Å². The van der Waals surface area contributed by atoms with Crippen LogP contribution in [0.2, 0.25) is 0 Å².